The van der Waals surface area contributed by atoms with E-state index in [1.807, 2.05) is 12.1 Å². The van der Waals surface area contributed by atoms with Crippen LogP contribution in [0.1, 0.15) is 98.0 Å². The highest BCUT2D eigenvalue weighted by Gasteiger charge is 2.61. The molecular weight excluding hydrogens is 792 g/mol. The van der Waals surface area contributed by atoms with Crippen LogP contribution in [0.2, 0.25) is 0 Å². The summed E-state index contributed by atoms with van der Waals surface area (Å²) in [5.41, 5.74) is 4.29. The molecular formula is C45H68Br2N2O4. The summed E-state index contributed by atoms with van der Waals surface area (Å²) in [5, 5.41) is 0. The minimum Gasteiger partial charge on any atom is -1.00 e. The summed E-state index contributed by atoms with van der Waals surface area (Å²) >= 11 is 0. The van der Waals surface area contributed by atoms with Crippen molar-refractivity contribution in [2.75, 3.05) is 59.5 Å². The first-order chi connectivity index (χ1) is 24.5. The molecule has 7 atom stereocenters. The van der Waals surface area contributed by atoms with Gasteiger partial charge < -0.3 is 57.1 Å². The highest BCUT2D eigenvalue weighted by molar-refractivity contribution is 5.68. The third-order valence-electron chi connectivity index (χ3n) is 15.1. The van der Waals surface area contributed by atoms with Crippen molar-refractivity contribution in [2.45, 2.75) is 105 Å². The maximum absolute atomic E-state index is 12.6. The van der Waals surface area contributed by atoms with Crippen molar-refractivity contribution in [1.82, 2.24) is 0 Å². The van der Waals surface area contributed by atoms with Crippen molar-refractivity contribution in [2.24, 2.45) is 28.6 Å². The number of benzene rings is 1. The Bertz CT molecular complexity index is 1510. The molecule has 1 heterocycles. The number of esters is 1. The molecule has 0 N–H and O–H groups in total. The van der Waals surface area contributed by atoms with Gasteiger partial charge in [0.25, 0.3) is 0 Å². The molecule has 5 aliphatic rings. The lowest BCUT2D eigenvalue weighted by Gasteiger charge is -2.58. The van der Waals surface area contributed by atoms with Gasteiger partial charge in [-0.25, -0.2) is 0 Å². The summed E-state index contributed by atoms with van der Waals surface area (Å²) in [6, 6.07) is 7.00. The van der Waals surface area contributed by atoms with E-state index in [1.54, 1.807) is 19.6 Å². The summed E-state index contributed by atoms with van der Waals surface area (Å²) in [7, 11) is 1.72. The van der Waals surface area contributed by atoms with Crippen LogP contribution < -0.4 is 43.4 Å². The van der Waals surface area contributed by atoms with E-state index in [1.165, 1.54) is 61.7 Å². The topological polar surface area (TPSA) is 44.8 Å². The van der Waals surface area contributed by atoms with E-state index in [4.69, 9.17) is 14.2 Å². The molecule has 0 aromatic heterocycles. The van der Waals surface area contributed by atoms with Crippen LogP contribution in [-0.2, 0) is 9.53 Å². The molecule has 4 aliphatic carbocycles. The molecule has 296 valence electrons. The van der Waals surface area contributed by atoms with Gasteiger partial charge in [-0.15, -0.1) is 0 Å². The molecule has 0 amide bonds. The Morgan fingerprint density at radius 3 is 2.38 bits per heavy atom. The predicted molar refractivity (Wildman–Crippen MR) is 208 cm³/mol. The first-order valence-electron chi connectivity index (χ1n) is 20.3. The lowest BCUT2D eigenvalue weighted by molar-refractivity contribution is -0.936. The summed E-state index contributed by atoms with van der Waals surface area (Å²) in [6.45, 7) is 27.6. The molecule has 3 saturated carbocycles. The first kappa shape index (κ1) is 43.9. The Labute approximate surface area is 342 Å². The Hall–Kier alpha value is -1.87. The molecule has 1 aromatic rings. The zero-order valence-corrected chi connectivity index (χ0v) is 36.8. The highest BCUT2D eigenvalue weighted by Crippen LogP contribution is 2.66. The van der Waals surface area contributed by atoms with Crippen molar-refractivity contribution >= 4 is 12.0 Å². The van der Waals surface area contributed by atoms with Crippen LogP contribution in [0.5, 0.6) is 11.5 Å². The maximum Gasteiger partial charge on any atom is 0.303 e. The number of halogens is 2. The quantitative estimate of drug-likeness (QED) is 0.164. The van der Waals surface area contributed by atoms with Gasteiger partial charge in [0.1, 0.15) is 19.3 Å². The number of carbonyl (C=O) groups is 1. The molecule has 0 unspecified atom stereocenters. The Morgan fingerprint density at radius 2 is 1.74 bits per heavy atom. The number of allylic oxidation sites excluding steroid dienone is 1. The van der Waals surface area contributed by atoms with Crippen LogP contribution in [0.25, 0.3) is 6.08 Å². The number of hydrogen-bond acceptors (Lipinski definition) is 4. The number of likely N-dealkylation sites (N-methyl/N-ethyl adjacent to an activating group) is 1. The molecule has 53 heavy (non-hydrogen) atoms. The lowest BCUT2D eigenvalue weighted by Crippen LogP contribution is -3.00. The van der Waals surface area contributed by atoms with Crippen LogP contribution in [0.4, 0.5) is 0 Å². The SMILES string of the molecule is C=CC[N+](CC)(CC)CCOc1ccc(/C=C2\C[C@H]3[C@@H]4CC=C5C[C@@H]([N+]6(CC=C)CCCC6)CC[C@]5(C)[C@H]4CC[C@]3(C)[C@H]2OC(C)=O)cc1OC.[Br-].[Br-]. The zero-order valence-electron chi connectivity index (χ0n) is 33.6. The van der Waals surface area contributed by atoms with Gasteiger partial charge >= 0.3 is 5.97 Å². The second kappa shape index (κ2) is 17.9. The van der Waals surface area contributed by atoms with Gasteiger partial charge in [-0.05, 0) is 105 Å². The summed E-state index contributed by atoms with van der Waals surface area (Å²) in [6.07, 6.45) is 20.1. The summed E-state index contributed by atoms with van der Waals surface area (Å²) in [5.74, 6) is 3.13. The van der Waals surface area contributed by atoms with Gasteiger partial charge in [0.2, 0.25) is 0 Å². The predicted octanol–water partition coefficient (Wildman–Crippen LogP) is 3.18. The maximum atomic E-state index is 12.6. The fourth-order valence-electron chi connectivity index (χ4n) is 12.0. The molecule has 1 saturated heterocycles. The standard InChI is InChI=1S/C45H68N2O4.2BrH/c1-9-23-46(11-3,12-4)27-28-50-41-18-15-34(30-42(41)49-8)29-35-31-40-38-17-16-36-32-37(47(24-10-2)25-13-14-26-47)19-21-44(36,6)39(38)20-22-45(40,7)43(35)51-33(5)48;;/h9-10,15-16,18,29-30,37-40,43H,1-2,11-14,17,19-28,31-32H2,3-8H3;2*1H/q+2;;/p-2/b35-29+;;/t37-,38+,39-,40-,43-,44-,45-;;/m0../s1. The molecule has 0 bridgehead atoms. The van der Waals surface area contributed by atoms with Crippen LogP contribution >= 0.6 is 0 Å². The molecule has 0 radical (unpaired) electrons. The lowest BCUT2D eigenvalue weighted by atomic mass is 9.47. The van der Waals surface area contributed by atoms with Gasteiger partial charge in [-0.2, -0.15) is 0 Å². The average molecular weight is 861 g/mol. The Morgan fingerprint density at radius 1 is 1.00 bits per heavy atom. The fourth-order valence-corrected chi connectivity index (χ4v) is 12.0. The molecule has 8 heteroatoms. The van der Waals surface area contributed by atoms with E-state index < -0.39 is 0 Å². The number of quaternary nitrogens is 2. The van der Waals surface area contributed by atoms with Gasteiger partial charge in [-0.3, -0.25) is 4.79 Å². The normalized spacial score (nSPS) is 32.2. The number of likely N-dealkylation sites (tertiary alicyclic amines) is 1. The van der Waals surface area contributed by atoms with Gasteiger partial charge in [0.05, 0.1) is 52.4 Å². The van der Waals surface area contributed by atoms with E-state index in [0.717, 1.165) is 79.6 Å². The number of rotatable bonds is 14. The van der Waals surface area contributed by atoms with Crippen molar-refractivity contribution in [3.8, 4) is 11.5 Å². The molecule has 6 rings (SSSR count). The van der Waals surface area contributed by atoms with Gasteiger partial charge in [-0.1, -0.05) is 50.8 Å². The first-order valence-corrected chi connectivity index (χ1v) is 20.3. The number of fused-ring (bicyclic) bond motifs is 5. The minimum absolute atomic E-state index is 0. The van der Waals surface area contributed by atoms with E-state index in [-0.39, 0.29) is 56.9 Å². The Balaban J connectivity index is 0.00000314. The number of ether oxygens (including phenoxy) is 3. The second-order valence-corrected chi connectivity index (χ2v) is 17.4. The number of nitrogens with zero attached hydrogens (tertiary/aromatic N) is 2. The zero-order chi connectivity index (χ0) is 36.4. The van der Waals surface area contributed by atoms with Gasteiger partial charge in [0.15, 0.2) is 11.5 Å². The Kier molecular flexibility index (Phi) is 14.8. The van der Waals surface area contributed by atoms with Crippen molar-refractivity contribution in [1.29, 1.82) is 0 Å². The average Bonchev–Trinajstić information content (AvgIpc) is 3.70. The smallest absolute Gasteiger partial charge is 0.303 e. The van der Waals surface area contributed by atoms with Gasteiger partial charge in [0, 0.05) is 38.0 Å². The van der Waals surface area contributed by atoms with Crippen LogP contribution in [0, 0.1) is 28.6 Å². The summed E-state index contributed by atoms with van der Waals surface area (Å²) < 4.78 is 20.7. The van der Waals surface area contributed by atoms with Crippen molar-refractivity contribution < 1.29 is 61.9 Å². The molecule has 4 fully saturated rings. The van der Waals surface area contributed by atoms with Crippen molar-refractivity contribution in [3.05, 3.63) is 66.3 Å². The van der Waals surface area contributed by atoms with E-state index in [9.17, 15) is 4.79 Å². The van der Waals surface area contributed by atoms with Crippen LogP contribution in [-0.4, -0.2) is 86.6 Å². The van der Waals surface area contributed by atoms with Crippen molar-refractivity contribution in [3.63, 3.8) is 0 Å². The molecule has 0 spiro atoms. The number of hydrogen-bond donors (Lipinski definition) is 0. The third kappa shape index (κ3) is 8.32. The monoisotopic (exact) mass is 858 g/mol. The summed E-state index contributed by atoms with van der Waals surface area (Å²) in [4.78, 5) is 12.6. The highest BCUT2D eigenvalue weighted by atomic mass is 79.9. The van der Waals surface area contributed by atoms with E-state index >= 15 is 0 Å². The number of methoxy groups -OCH3 is 1. The van der Waals surface area contributed by atoms with Crippen LogP contribution in [0.3, 0.4) is 0 Å². The minimum atomic E-state index is -0.200. The largest absolute Gasteiger partial charge is 1.00 e. The fraction of sp³-hybridized carbons (Fsp3) is 0.667. The van der Waals surface area contributed by atoms with E-state index in [2.05, 4.69) is 71.2 Å². The molecule has 1 aromatic carbocycles. The number of carbonyl (C=O) groups excluding carboxylic acids is 1. The molecule has 6 nitrogen and oxygen atoms in total. The molecule has 1 aliphatic heterocycles. The third-order valence-corrected chi connectivity index (χ3v) is 15.1. The van der Waals surface area contributed by atoms with Crippen LogP contribution in [0.15, 0.2) is 60.7 Å². The van der Waals surface area contributed by atoms with E-state index in [0.29, 0.717) is 24.4 Å². The second-order valence-electron chi connectivity index (χ2n) is 17.4.